The zero-order valence-corrected chi connectivity index (χ0v) is 14.1. The van der Waals surface area contributed by atoms with Gasteiger partial charge in [0.25, 0.3) is 5.91 Å². The molecule has 0 spiro atoms. The lowest BCUT2D eigenvalue weighted by atomic mass is 10.1. The number of benzene rings is 2. The second-order valence-corrected chi connectivity index (χ2v) is 6.12. The van der Waals surface area contributed by atoms with Gasteiger partial charge in [-0.25, -0.2) is 4.39 Å². The third-order valence-corrected chi connectivity index (χ3v) is 4.19. The van der Waals surface area contributed by atoms with Gasteiger partial charge in [-0.2, -0.15) is 0 Å². The predicted octanol–water partition coefficient (Wildman–Crippen LogP) is 3.63. The number of halogens is 2. The van der Waals surface area contributed by atoms with Crippen LogP contribution in [-0.2, 0) is 6.54 Å². The van der Waals surface area contributed by atoms with Crippen molar-refractivity contribution in [2.24, 2.45) is 0 Å². The van der Waals surface area contributed by atoms with Crippen LogP contribution in [-0.4, -0.2) is 31.1 Å². The maximum absolute atomic E-state index is 13.1. The molecule has 1 aliphatic heterocycles. The number of rotatable bonds is 3. The van der Waals surface area contributed by atoms with Gasteiger partial charge in [0.15, 0.2) is 11.5 Å². The van der Waals surface area contributed by atoms with E-state index in [-0.39, 0.29) is 11.7 Å². The van der Waals surface area contributed by atoms with Crippen molar-refractivity contribution in [3.63, 3.8) is 0 Å². The standard InChI is InChI=1S/C17H15BrFNO3/c1-20(17(21)13-4-3-12(19)9-14(13)18)10-11-2-5-15-16(8-11)23-7-6-22-15/h2-5,8-9H,6-7,10H2,1H3. The molecule has 2 aromatic carbocycles. The van der Waals surface area contributed by atoms with Gasteiger partial charge in [0.1, 0.15) is 19.0 Å². The summed E-state index contributed by atoms with van der Waals surface area (Å²) in [7, 11) is 1.70. The van der Waals surface area contributed by atoms with Crippen molar-refractivity contribution in [2.45, 2.75) is 6.54 Å². The lowest BCUT2D eigenvalue weighted by Gasteiger charge is -2.21. The first-order chi connectivity index (χ1) is 11.0. The molecular formula is C17H15BrFNO3. The Kier molecular flexibility index (Phi) is 4.52. The minimum Gasteiger partial charge on any atom is -0.486 e. The molecular weight excluding hydrogens is 365 g/mol. The van der Waals surface area contributed by atoms with E-state index in [1.165, 1.54) is 18.2 Å². The molecule has 0 N–H and O–H groups in total. The van der Waals surface area contributed by atoms with Crippen LogP contribution in [0, 0.1) is 5.82 Å². The Morgan fingerprint density at radius 3 is 2.65 bits per heavy atom. The van der Waals surface area contributed by atoms with Crippen LogP contribution in [0.3, 0.4) is 0 Å². The molecule has 4 nitrogen and oxygen atoms in total. The number of nitrogens with zero attached hydrogens (tertiary/aromatic N) is 1. The molecule has 120 valence electrons. The summed E-state index contributed by atoms with van der Waals surface area (Å²) in [5.74, 6) is 0.836. The van der Waals surface area contributed by atoms with Crippen LogP contribution in [0.5, 0.6) is 11.5 Å². The molecule has 3 rings (SSSR count). The van der Waals surface area contributed by atoms with E-state index in [0.717, 1.165) is 11.3 Å². The summed E-state index contributed by atoms with van der Waals surface area (Å²) in [4.78, 5) is 14.1. The third-order valence-electron chi connectivity index (χ3n) is 3.53. The number of fused-ring (bicyclic) bond motifs is 1. The molecule has 0 saturated carbocycles. The van der Waals surface area contributed by atoms with E-state index in [1.54, 1.807) is 11.9 Å². The van der Waals surface area contributed by atoms with Crippen molar-refractivity contribution in [1.29, 1.82) is 0 Å². The van der Waals surface area contributed by atoms with Crippen molar-refractivity contribution in [3.05, 3.63) is 57.8 Å². The number of amides is 1. The van der Waals surface area contributed by atoms with E-state index >= 15 is 0 Å². The Bertz CT molecular complexity index is 751. The van der Waals surface area contributed by atoms with Gasteiger partial charge in [-0.05, 0) is 51.8 Å². The number of hydrogen-bond donors (Lipinski definition) is 0. The highest BCUT2D eigenvalue weighted by Crippen LogP contribution is 2.31. The smallest absolute Gasteiger partial charge is 0.255 e. The minimum absolute atomic E-state index is 0.188. The van der Waals surface area contributed by atoms with E-state index in [4.69, 9.17) is 9.47 Å². The number of carbonyl (C=O) groups excluding carboxylic acids is 1. The summed E-state index contributed by atoms with van der Waals surface area (Å²) in [6.45, 7) is 1.48. The summed E-state index contributed by atoms with van der Waals surface area (Å²) in [5.41, 5.74) is 1.36. The van der Waals surface area contributed by atoms with Crippen LogP contribution in [0.25, 0.3) is 0 Å². The average molecular weight is 380 g/mol. The first-order valence-electron chi connectivity index (χ1n) is 7.13. The van der Waals surface area contributed by atoms with Crippen molar-refractivity contribution in [1.82, 2.24) is 4.90 Å². The summed E-state index contributed by atoms with van der Waals surface area (Å²) >= 11 is 3.23. The zero-order valence-electron chi connectivity index (χ0n) is 12.5. The van der Waals surface area contributed by atoms with E-state index in [0.29, 0.717) is 35.5 Å². The largest absolute Gasteiger partial charge is 0.486 e. The SMILES string of the molecule is CN(Cc1ccc2c(c1)OCCO2)C(=O)c1ccc(F)cc1Br. The highest BCUT2D eigenvalue weighted by Gasteiger charge is 2.17. The highest BCUT2D eigenvalue weighted by atomic mass is 79.9. The molecule has 0 fully saturated rings. The quantitative estimate of drug-likeness (QED) is 0.817. The Balaban J connectivity index is 1.75. The molecule has 1 heterocycles. The molecule has 23 heavy (non-hydrogen) atoms. The maximum atomic E-state index is 13.1. The summed E-state index contributed by atoms with van der Waals surface area (Å²) < 4.78 is 24.6. The molecule has 0 unspecified atom stereocenters. The normalized spacial score (nSPS) is 12.8. The van der Waals surface area contributed by atoms with E-state index in [9.17, 15) is 9.18 Å². The van der Waals surface area contributed by atoms with Gasteiger partial charge in [-0.3, -0.25) is 4.79 Å². The number of carbonyl (C=O) groups is 1. The van der Waals surface area contributed by atoms with Gasteiger partial charge < -0.3 is 14.4 Å². The Hall–Kier alpha value is -2.08. The van der Waals surface area contributed by atoms with Crippen LogP contribution >= 0.6 is 15.9 Å². The Morgan fingerprint density at radius 2 is 1.91 bits per heavy atom. The fourth-order valence-electron chi connectivity index (χ4n) is 2.40. The van der Waals surface area contributed by atoms with Gasteiger partial charge in [-0.1, -0.05) is 6.07 Å². The Morgan fingerprint density at radius 1 is 1.17 bits per heavy atom. The molecule has 0 atom stereocenters. The third kappa shape index (κ3) is 3.47. The highest BCUT2D eigenvalue weighted by molar-refractivity contribution is 9.10. The summed E-state index contributed by atoms with van der Waals surface area (Å²) in [6.07, 6.45) is 0. The van der Waals surface area contributed by atoms with Gasteiger partial charge in [0.05, 0.1) is 5.56 Å². The van der Waals surface area contributed by atoms with Crippen LogP contribution in [0.1, 0.15) is 15.9 Å². The van der Waals surface area contributed by atoms with Gasteiger partial charge in [0, 0.05) is 18.1 Å². The van der Waals surface area contributed by atoms with Crippen LogP contribution in [0.15, 0.2) is 40.9 Å². The number of ether oxygens (including phenoxy) is 2. The first kappa shape index (κ1) is 15.8. The fraction of sp³-hybridized carbons (Fsp3) is 0.235. The topological polar surface area (TPSA) is 38.8 Å². The van der Waals surface area contributed by atoms with Crippen LogP contribution < -0.4 is 9.47 Å². The minimum atomic E-state index is -0.386. The van der Waals surface area contributed by atoms with Crippen molar-refractivity contribution < 1.29 is 18.7 Å². The molecule has 0 saturated heterocycles. The second-order valence-electron chi connectivity index (χ2n) is 5.26. The second kappa shape index (κ2) is 6.58. The summed E-state index contributed by atoms with van der Waals surface area (Å²) in [6, 6.07) is 9.65. The van der Waals surface area contributed by atoms with Crippen molar-refractivity contribution >= 4 is 21.8 Å². The van der Waals surface area contributed by atoms with E-state index < -0.39 is 0 Å². The van der Waals surface area contributed by atoms with Gasteiger partial charge >= 0.3 is 0 Å². The molecule has 0 aromatic heterocycles. The maximum Gasteiger partial charge on any atom is 0.255 e. The van der Waals surface area contributed by atoms with Gasteiger partial charge in [0.2, 0.25) is 0 Å². The first-order valence-corrected chi connectivity index (χ1v) is 7.93. The van der Waals surface area contributed by atoms with E-state index in [2.05, 4.69) is 15.9 Å². The van der Waals surface area contributed by atoms with Crippen molar-refractivity contribution in [2.75, 3.05) is 20.3 Å². The predicted molar refractivity (Wildman–Crippen MR) is 87.3 cm³/mol. The lowest BCUT2D eigenvalue weighted by molar-refractivity contribution is 0.0784. The number of hydrogen-bond acceptors (Lipinski definition) is 3. The average Bonchev–Trinajstić information content (AvgIpc) is 2.54. The molecule has 1 amide bonds. The van der Waals surface area contributed by atoms with Crippen LogP contribution in [0.2, 0.25) is 0 Å². The lowest BCUT2D eigenvalue weighted by Crippen LogP contribution is -2.26. The van der Waals surface area contributed by atoms with Crippen molar-refractivity contribution in [3.8, 4) is 11.5 Å². The van der Waals surface area contributed by atoms with Crippen LogP contribution in [0.4, 0.5) is 4.39 Å². The monoisotopic (exact) mass is 379 g/mol. The van der Waals surface area contributed by atoms with E-state index in [1.807, 2.05) is 18.2 Å². The molecule has 2 aromatic rings. The molecule has 0 aliphatic carbocycles. The molecule has 6 heteroatoms. The summed E-state index contributed by atoms with van der Waals surface area (Å²) in [5, 5.41) is 0. The fourth-order valence-corrected chi connectivity index (χ4v) is 2.92. The zero-order chi connectivity index (χ0) is 16.4. The van der Waals surface area contributed by atoms with Gasteiger partial charge in [-0.15, -0.1) is 0 Å². The Labute approximate surface area is 141 Å². The molecule has 1 aliphatic rings. The molecule has 0 bridgehead atoms. The molecule has 0 radical (unpaired) electrons.